The smallest absolute Gasteiger partial charge is 0.0149 e. The van der Waals surface area contributed by atoms with E-state index in [2.05, 4.69) is 88.4 Å². The largest absolute Gasteiger partial charge is 0.0654 e. The lowest BCUT2D eigenvalue weighted by Gasteiger charge is -2.18. The Hall–Kier alpha value is -2.34. The minimum atomic E-state index is 1.16. The van der Waals surface area contributed by atoms with Gasteiger partial charge in [0.15, 0.2) is 0 Å². The van der Waals surface area contributed by atoms with E-state index in [1.807, 2.05) is 0 Å². The summed E-state index contributed by atoms with van der Waals surface area (Å²) in [5.74, 6) is 0. The molecule has 0 bridgehead atoms. The Morgan fingerprint density at radius 3 is 1.19 bits per heavy atom. The van der Waals surface area contributed by atoms with Gasteiger partial charge in [0.25, 0.3) is 0 Å². The Morgan fingerprint density at radius 2 is 0.844 bits per heavy atom. The van der Waals surface area contributed by atoms with Gasteiger partial charge in [0.05, 0.1) is 0 Å². The lowest BCUT2D eigenvalue weighted by atomic mass is 9.86. The van der Waals surface area contributed by atoms with Crippen LogP contribution < -0.4 is 0 Å². The van der Waals surface area contributed by atoms with Gasteiger partial charge in [-0.15, -0.1) is 0 Å². The fourth-order valence-corrected chi connectivity index (χ4v) is 4.59. The monoisotopic (exact) mass is 426 g/mol. The topological polar surface area (TPSA) is 0 Å². The van der Waals surface area contributed by atoms with E-state index in [9.17, 15) is 0 Å². The van der Waals surface area contributed by atoms with Gasteiger partial charge in [-0.1, -0.05) is 124 Å². The maximum atomic E-state index is 2.53. The van der Waals surface area contributed by atoms with Crippen LogP contribution in [0, 0.1) is 13.8 Å². The van der Waals surface area contributed by atoms with Gasteiger partial charge in [-0.3, -0.25) is 0 Å². The first kappa shape index (κ1) is 24.3. The van der Waals surface area contributed by atoms with Gasteiger partial charge in [0.1, 0.15) is 0 Å². The van der Waals surface area contributed by atoms with Gasteiger partial charge >= 0.3 is 0 Å². The minimum absolute atomic E-state index is 1.16. The molecule has 0 saturated carbocycles. The number of unbranched alkanes of at least 4 members (excludes halogenated alkanes) is 6. The van der Waals surface area contributed by atoms with E-state index in [1.165, 1.54) is 95.9 Å². The molecule has 0 N–H and O–H groups in total. The Balaban J connectivity index is 2.04. The van der Waals surface area contributed by atoms with Crippen LogP contribution in [-0.4, -0.2) is 0 Å². The third kappa shape index (κ3) is 6.83. The number of aryl methyl sites for hydroxylation is 4. The highest BCUT2D eigenvalue weighted by Crippen LogP contribution is 2.35. The van der Waals surface area contributed by atoms with E-state index >= 15 is 0 Å². The highest BCUT2D eigenvalue weighted by Gasteiger charge is 2.13. The first-order chi connectivity index (χ1) is 15.6. The molecule has 3 aromatic rings. The lowest BCUT2D eigenvalue weighted by Crippen LogP contribution is -1.99. The molecule has 0 aliphatic carbocycles. The van der Waals surface area contributed by atoms with Crippen LogP contribution in [0.1, 0.15) is 87.5 Å². The van der Waals surface area contributed by atoms with E-state index in [0.717, 1.165) is 12.8 Å². The van der Waals surface area contributed by atoms with Gasteiger partial charge in [-0.25, -0.2) is 0 Å². The zero-order chi connectivity index (χ0) is 22.8. The van der Waals surface area contributed by atoms with Crippen molar-refractivity contribution >= 4 is 0 Å². The summed E-state index contributed by atoms with van der Waals surface area (Å²) in [5.41, 5.74) is 11.3. The summed E-state index contributed by atoms with van der Waals surface area (Å²) in [4.78, 5) is 0. The first-order valence-corrected chi connectivity index (χ1v) is 12.9. The second-order valence-corrected chi connectivity index (χ2v) is 9.52. The number of rotatable bonds is 12. The first-order valence-electron chi connectivity index (χ1n) is 12.9. The Labute approximate surface area is 197 Å². The summed E-state index contributed by atoms with van der Waals surface area (Å²) in [7, 11) is 0. The molecular weight excluding hydrogens is 384 g/mol. The second kappa shape index (κ2) is 12.6. The SMILES string of the molecule is CCCCCCc1cc(-c2ccc(C)cc2)c(CCCCCC)cc1-c1ccc(C)cc1. The molecule has 3 aromatic carbocycles. The molecule has 0 aromatic heterocycles. The van der Waals surface area contributed by atoms with Crippen molar-refractivity contribution < 1.29 is 0 Å². The van der Waals surface area contributed by atoms with Crippen molar-refractivity contribution in [3.8, 4) is 22.3 Å². The number of hydrogen-bond donors (Lipinski definition) is 0. The van der Waals surface area contributed by atoms with E-state index < -0.39 is 0 Å². The highest BCUT2D eigenvalue weighted by atomic mass is 14.2. The normalized spacial score (nSPS) is 11.1. The van der Waals surface area contributed by atoms with Gasteiger partial charge < -0.3 is 0 Å². The fraction of sp³-hybridized carbons (Fsp3) is 0.438. The molecule has 0 heterocycles. The maximum absolute atomic E-state index is 2.53. The zero-order valence-corrected chi connectivity index (χ0v) is 20.8. The van der Waals surface area contributed by atoms with Crippen LogP contribution in [0.3, 0.4) is 0 Å². The van der Waals surface area contributed by atoms with Crippen molar-refractivity contribution in [1.82, 2.24) is 0 Å². The Kier molecular flexibility index (Phi) is 9.60. The van der Waals surface area contributed by atoms with Crippen molar-refractivity contribution in [1.29, 1.82) is 0 Å². The quantitative estimate of drug-likeness (QED) is 0.253. The number of hydrogen-bond acceptors (Lipinski definition) is 0. The molecule has 32 heavy (non-hydrogen) atoms. The molecule has 0 atom stereocenters. The standard InChI is InChI=1S/C32H42/c1-5-7-9-11-13-29-23-32(28-21-17-26(4)18-22-28)30(14-12-10-8-6-2)24-31(29)27-19-15-25(3)16-20-27/h15-24H,5-14H2,1-4H3. The Bertz CT molecular complexity index is 863. The van der Waals surface area contributed by atoms with E-state index in [0.29, 0.717) is 0 Å². The van der Waals surface area contributed by atoms with Crippen LogP contribution >= 0.6 is 0 Å². The molecule has 0 saturated heterocycles. The van der Waals surface area contributed by atoms with Gasteiger partial charge in [0, 0.05) is 0 Å². The van der Waals surface area contributed by atoms with Crippen LogP contribution in [-0.2, 0) is 12.8 Å². The van der Waals surface area contributed by atoms with E-state index in [1.54, 1.807) is 0 Å². The van der Waals surface area contributed by atoms with Gasteiger partial charge in [0.2, 0.25) is 0 Å². The molecule has 0 heteroatoms. The molecule has 0 aliphatic heterocycles. The predicted octanol–water partition coefficient (Wildman–Crippen LogP) is 9.88. The summed E-state index contributed by atoms with van der Waals surface area (Å²) in [6.07, 6.45) is 12.8. The molecule has 0 radical (unpaired) electrons. The van der Waals surface area contributed by atoms with Crippen LogP contribution in [0.25, 0.3) is 22.3 Å². The Morgan fingerprint density at radius 1 is 0.469 bits per heavy atom. The van der Waals surface area contributed by atoms with Gasteiger partial charge in [-0.2, -0.15) is 0 Å². The molecule has 0 aliphatic rings. The fourth-order valence-electron chi connectivity index (χ4n) is 4.59. The van der Waals surface area contributed by atoms with E-state index in [4.69, 9.17) is 0 Å². The van der Waals surface area contributed by atoms with Crippen LogP contribution in [0.4, 0.5) is 0 Å². The van der Waals surface area contributed by atoms with Crippen molar-refractivity contribution in [3.05, 3.63) is 82.9 Å². The van der Waals surface area contributed by atoms with Gasteiger partial charge in [-0.05, 0) is 72.9 Å². The summed E-state index contributed by atoms with van der Waals surface area (Å²) >= 11 is 0. The van der Waals surface area contributed by atoms with Crippen molar-refractivity contribution in [3.63, 3.8) is 0 Å². The third-order valence-electron chi connectivity index (χ3n) is 6.65. The molecule has 170 valence electrons. The van der Waals surface area contributed by atoms with Crippen LogP contribution in [0.5, 0.6) is 0 Å². The van der Waals surface area contributed by atoms with Crippen molar-refractivity contribution in [2.24, 2.45) is 0 Å². The molecule has 0 nitrogen and oxygen atoms in total. The minimum Gasteiger partial charge on any atom is -0.0654 e. The summed E-state index contributed by atoms with van der Waals surface area (Å²) in [5, 5.41) is 0. The van der Waals surface area contributed by atoms with Crippen LogP contribution in [0.15, 0.2) is 60.7 Å². The highest BCUT2D eigenvalue weighted by molar-refractivity contribution is 5.77. The second-order valence-electron chi connectivity index (χ2n) is 9.52. The molecule has 0 unspecified atom stereocenters. The average Bonchev–Trinajstić information content (AvgIpc) is 2.81. The van der Waals surface area contributed by atoms with E-state index in [-0.39, 0.29) is 0 Å². The maximum Gasteiger partial charge on any atom is -0.0149 e. The zero-order valence-electron chi connectivity index (χ0n) is 20.8. The average molecular weight is 427 g/mol. The molecule has 0 amide bonds. The van der Waals surface area contributed by atoms with Crippen molar-refractivity contribution in [2.45, 2.75) is 91.9 Å². The molecule has 3 rings (SSSR count). The molecule has 0 fully saturated rings. The summed E-state index contributed by atoms with van der Waals surface area (Å²) in [6.45, 7) is 8.94. The number of benzene rings is 3. The summed E-state index contributed by atoms with van der Waals surface area (Å²) in [6, 6.07) is 23.3. The third-order valence-corrected chi connectivity index (χ3v) is 6.65. The van der Waals surface area contributed by atoms with Crippen LogP contribution in [0.2, 0.25) is 0 Å². The van der Waals surface area contributed by atoms with Crippen molar-refractivity contribution in [2.75, 3.05) is 0 Å². The molecule has 0 spiro atoms. The molecular formula is C32H42. The lowest BCUT2D eigenvalue weighted by molar-refractivity contribution is 0.664. The summed E-state index contributed by atoms with van der Waals surface area (Å²) < 4.78 is 0. The predicted molar refractivity (Wildman–Crippen MR) is 142 cm³/mol.